The van der Waals surface area contributed by atoms with Gasteiger partial charge in [0.05, 0.1) is 35.7 Å². The summed E-state index contributed by atoms with van der Waals surface area (Å²) in [7, 11) is 0. The van der Waals surface area contributed by atoms with Gasteiger partial charge < -0.3 is 4.74 Å². The molecule has 0 saturated carbocycles. The lowest BCUT2D eigenvalue weighted by atomic mass is 10.0. The van der Waals surface area contributed by atoms with Crippen molar-refractivity contribution in [2.75, 3.05) is 0 Å². The number of alkyl halides is 6. The molecule has 1 N–H and O–H groups in total. The van der Waals surface area contributed by atoms with Crippen molar-refractivity contribution < 1.29 is 31.1 Å². The second kappa shape index (κ2) is 8.11. The van der Waals surface area contributed by atoms with Crippen LogP contribution in [0.15, 0.2) is 36.4 Å². The fraction of sp³-hybridized carbons (Fsp3) is 0.222. The molecular weight excluding hydrogens is 416 g/mol. The Labute approximate surface area is 165 Å². The topological polar surface area (TPSA) is 87.5 Å². The highest BCUT2D eigenvalue weighted by atomic mass is 19.4. The number of hydrogen-bond donors (Lipinski definition) is 1. The van der Waals surface area contributed by atoms with Gasteiger partial charge in [-0.05, 0) is 29.8 Å². The lowest BCUT2D eigenvalue weighted by Gasteiger charge is -2.16. The number of rotatable bonds is 5. The van der Waals surface area contributed by atoms with Gasteiger partial charge in [0, 0.05) is 0 Å². The molecule has 3 aromatic rings. The fourth-order valence-electron chi connectivity index (χ4n) is 2.59. The van der Waals surface area contributed by atoms with E-state index in [1.807, 2.05) is 6.07 Å². The molecule has 0 aliphatic carbocycles. The Morgan fingerprint density at radius 1 is 0.967 bits per heavy atom. The van der Waals surface area contributed by atoms with E-state index in [-0.39, 0.29) is 24.1 Å². The monoisotopic (exact) mass is 427 g/mol. The Balaban J connectivity index is 1.76. The molecular formula is C18H11F6N5O. The van der Waals surface area contributed by atoms with Gasteiger partial charge in [-0.1, -0.05) is 12.1 Å². The lowest BCUT2D eigenvalue weighted by Crippen LogP contribution is -2.14. The van der Waals surface area contributed by atoms with Crippen LogP contribution in [0.3, 0.4) is 0 Å². The summed E-state index contributed by atoms with van der Waals surface area (Å²) in [6, 6.07) is 7.87. The van der Waals surface area contributed by atoms with Gasteiger partial charge in [0.1, 0.15) is 11.8 Å². The van der Waals surface area contributed by atoms with Crippen molar-refractivity contribution in [3.05, 3.63) is 64.5 Å². The van der Waals surface area contributed by atoms with Crippen LogP contribution in [0.2, 0.25) is 0 Å². The van der Waals surface area contributed by atoms with Gasteiger partial charge in [0.15, 0.2) is 5.69 Å². The van der Waals surface area contributed by atoms with Crippen molar-refractivity contribution in [3.8, 4) is 17.5 Å². The smallest absolute Gasteiger partial charge is 0.370 e. The minimum absolute atomic E-state index is 0.0140. The summed E-state index contributed by atoms with van der Waals surface area (Å²) in [5.74, 6) is 0. The minimum atomic E-state index is -4.97. The molecule has 0 amide bonds. The van der Waals surface area contributed by atoms with Crippen LogP contribution < -0.4 is 0 Å². The summed E-state index contributed by atoms with van der Waals surface area (Å²) < 4.78 is 82.9. The highest BCUT2D eigenvalue weighted by Gasteiger charge is 2.38. The first kappa shape index (κ1) is 21.3. The number of H-pyrrole nitrogens is 1. The lowest BCUT2D eigenvalue weighted by molar-refractivity contribution is -0.143. The molecule has 12 heteroatoms. The normalized spacial score (nSPS) is 12.0. The van der Waals surface area contributed by atoms with Crippen LogP contribution in [-0.2, 0) is 30.3 Å². The van der Waals surface area contributed by atoms with Crippen molar-refractivity contribution in [3.63, 3.8) is 0 Å². The predicted octanol–water partition coefficient (Wildman–Crippen LogP) is 4.49. The van der Waals surface area contributed by atoms with Gasteiger partial charge in [-0.15, -0.1) is 5.10 Å². The van der Waals surface area contributed by atoms with Crippen molar-refractivity contribution in [2.24, 2.45) is 0 Å². The maximum absolute atomic E-state index is 13.2. The van der Waals surface area contributed by atoms with Gasteiger partial charge >= 0.3 is 12.4 Å². The Morgan fingerprint density at radius 3 is 2.40 bits per heavy atom. The Bertz CT molecular complexity index is 1080. The van der Waals surface area contributed by atoms with Crippen molar-refractivity contribution in [1.82, 2.24) is 20.4 Å². The number of nitrogens with one attached hydrogen (secondary N) is 1. The molecule has 0 radical (unpaired) electrons. The third-order valence-corrected chi connectivity index (χ3v) is 3.95. The van der Waals surface area contributed by atoms with E-state index in [0.29, 0.717) is 17.5 Å². The fourth-order valence-corrected chi connectivity index (χ4v) is 2.59. The van der Waals surface area contributed by atoms with Gasteiger partial charge in [0.25, 0.3) is 0 Å². The molecule has 3 rings (SSSR count). The van der Waals surface area contributed by atoms with Gasteiger partial charge in [-0.2, -0.15) is 41.9 Å². The zero-order valence-electron chi connectivity index (χ0n) is 14.8. The highest BCUT2D eigenvalue weighted by molar-refractivity contribution is 5.59. The minimum Gasteiger partial charge on any atom is -0.370 e. The number of aromatic nitrogens is 4. The summed E-state index contributed by atoms with van der Waals surface area (Å²) in [4.78, 5) is 4.20. The van der Waals surface area contributed by atoms with Gasteiger partial charge in [0.2, 0.25) is 0 Å². The number of pyridine rings is 1. The molecule has 0 saturated heterocycles. The number of nitriles is 1. The molecule has 0 aliphatic heterocycles. The first-order chi connectivity index (χ1) is 14.1. The van der Waals surface area contributed by atoms with E-state index in [0.717, 1.165) is 6.07 Å². The molecule has 0 unspecified atom stereocenters. The quantitative estimate of drug-likeness (QED) is 0.606. The van der Waals surface area contributed by atoms with E-state index in [1.54, 1.807) is 12.1 Å². The van der Waals surface area contributed by atoms with Crippen LogP contribution in [0.5, 0.6) is 0 Å². The van der Waals surface area contributed by atoms with Crippen LogP contribution in [0.4, 0.5) is 26.3 Å². The SMILES string of the molecule is N#Cc1n[nH]nc1-c1cccc(COCc2ccc(C(F)(F)F)cc2C(F)(F)F)n1. The molecule has 0 atom stereocenters. The third kappa shape index (κ3) is 4.74. The highest BCUT2D eigenvalue weighted by Crippen LogP contribution is 2.37. The Morgan fingerprint density at radius 2 is 1.73 bits per heavy atom. The van der Waals surface area contributed by atoms with Crippen molar-refractivity contribution in [2.45, 2.75) is 25.6 Å². The van der Waals surface area contributed by atoms with Gasteiger partial charge in [-0.3, -0.25) is 0 Å². The third-order valence-electron chi connectivity index (χ3n) is 3.95. The number of ether oxygens (including phenoxy) is 1. The second-order valence-electron chi connectivity index (χ2n) is 6.01. The average molecular weight is 427 g/mol. The maximum Gasteiger partial charge on any atom is 0.416 e. The summed E-state index contributed by atoms with van der Waals surface area (Å²) in [5, 5.41) is 18.7. The number of aromatic amines is 1. The zero-order valence-corrected chi connectivity index (χ0v) is 14.8. The molecule has 0 bridgehead atoms. The van der Waals surface area contributed by atoms with Crippen LogP contribution in [0, 0.1) is 11.3 Å². The molecule has 156 valence electrons. The predicted molar refractivity (Wildman–Crippen MR) is 89.3 cm³/mol. The first-order valence-electron chi connectivity index (χ1n) is 8.22. The standard InChI is InChI=1S/C18H11F6N5O/c19-17(20,21)11-5-4-10(13(6-11)18(22,23)24)8-30-9-12-2-1-3-14(26-12)16-15(7-25)27-29-28-16/h1-6H,8-9H2,(H,27,28,29). The first-order valence-corrected chi connectivity index (χ1v) is 8.22. The molecule has 2 aromatic heterocycles. The van der Waals surface area contributed by atoms with Gasteiger partial charge in [-0.25, -0.2) is 4.98 Å². The maximum atomic E-state index is 13.2. The molecule has 1 aromatic carbocycles. The van der Waals surface area contributed by atoms with E-state index in [4.69, 9.17) is 10.00 Å². The summed E-state index contributed by atoms with van der Waals surface area (Å²) in [5.41, 5.74) is -2.42. The van der Waals surface area contributed by atoms with Crippen LogP contribution in [-0.4, -0.2) is 20.4 Å². The van der Waals surface area contributed by atoms with Crippen molar-refractivity contribution in [1.29, 1.82) is 5.26 Å². The molecule has 2 heterocycles. The second-order valence-corrected chi connectivity index (χ2v) is 6.01. The molecule has 0 spiro atoms. The van der Waals surface area contributed by atoms with Crippen LogP contribution in [0.1, 0.15) is 28.1 Å². The average Bonchev–Trinajstić information content (AvgIpc) is 3.16. The van der Waals surface area contributed by atoms with E-state index < -0.39 is 35.6 Å². The number of hydrogen-bond acceptors (Lipinski definition) is 5. The van der Waals surface area contributed by atoms with Crippen molar-refractivity contribution >= 4 is 0 Å². The number of halogens is 6. The number of benzene rings is 1. The summed E-state index contributed by atoms with van der Waals surface area (Å²) >= 11 is 0. The summed E-state index contributed by atoms with van der Waals surface area (Å²) in [6.07, 6.45) is -9.87. The van der Waals surface area contributed by atoms with E-state index in [9.17, 15) is 26.3 Å². The van der Waals surface area contributed by atoms with E-state index in [1.165, 1.54) is 6.07 Å². The van der Waals surface area contributed by atoms with Crippen LogP contribution in [0.25, 0.3) is 11.4 Å². The summed E-state index contributed by atoms with van der Waals surface area (Å²) in [6.45, 7) is -0.793. The Hall–Kier alpha value is -3.46. The molecule has 0 fully saturated rings. The molecule has 0 aliphatic rings. The van der Waals surface area contributed by atoms with E-state index >= 15 is 0 Å². The van der Waals surface area contributed by atoms with Crippen LogP contribution >= 0.6 is 0 Å². The Kier molecular flexibility index (Phi) is 5.75. The van der Waals surface area contributed by atoms with E-state index in [2.05, 4.69) is 20.4 Å². The largest absolute Gasteiger partial charge is 0.416 e. The molecule has 30 heavy (non-hydrogen) atoms. The zero-order chi connectivity index (χ0) is 21.9. The number of nitrogens with zero attached hydrogens (tertiary/aromatic N) is 4. The molecule has 6 nitrogen and oxygen atoms in total.